The van der Waals surface area contributed by atoms with Gasteiger partial charge in [0.2, 0.25) is 0 Å². The molecule has 5 heteroatoms. The molecule has 0 N–H and O–H groups in total. The highest BCUT2D eigenvalue weighted by atomic mass is 19.3. The third-order valence-electron chi connectivity index (χ3n) is 1.48. The molecule has 0 radical (unpaired) electrons. The second-order valence-electron chi connectivity index (χ2n) is 2.95. The van der Waals surface area contributed by atoms with Crippen molar-refractivity contribution < 1.29 is 22.6 Å². The van der Waals surface area contributed by atoms with E-state index in [4.69, 9.17) is 0 Å². The average molecular weight is 206 g/mol. The molecule has 0 aromatic carbocycles. The summed E-state index contributed by atoms with van der Waals surface area (Å²) in [6, 6.07) is 0. The van der Waals surface area contributed by atoms with Gasteiger partial charge in [-0.2, -0.15) is 0 Å². The molecular formula is C9H9F3O2. The fourth-order valence-corrected chi connectivity index (χ4v) is 0.769. The highest BCUT2D eigenvalue weighted by molar-refractivity contribution is 5.29. The summed E-state index contributed by atoms with van der Waals surface area (Å²) < 4.78 is 45.8. The number of allylic oxidation sites excluding steroid dienone is 3. The predicted octanol–water partition coefficient (Wildman–Crippen LogP) is 3.24. The second kappa shape index (κ2) is 3.40. The van der Waals surface area contributed by atoms with Gasteiger partial charge in [-0.25, -0.2) is 4.39 Å². The SMILES string of the molecule is C=C1OC(F)(F)O/C1=C/C(F)=C(C)C. The minimum absolute atomic E-state index is 0.351. The molecule has 0 aromatic heterocycles. The van der Waals surface area contributed by atoms with Gasteiger partial charge in [-0.1, -0.05) is 6.58 Å². The predicted molar refractivity (Wildman–Crippen MR) is 43.8 cm³/mol. The lowest BCUT2D eigenvalue weighted by atomic mass is 10.2. The first-order valence-electron chi connectivity index (χ1n) is 3.81. The van der Waals surface area contributed by atoms with Gasteiger partial charge in [0.15, 0.2) is 11.5 Å². The second-order valence-corrected chi connectivity index (χ2v) is 2.95. The van der Waals surface area contributed by atoms with E-state index in [1.165, 1.54) is 13.8 Å². The van der Waals surface area contributed by atoms with Crippen LogP contribution >= 0.6 is 0 Å². The van der Waals surface area contributed by atoms with Gasteiger partial charge in [-0.15, -0.1) is 8.78 Å². The summed E-state index contributed by atoms with van der Waals surface area (Å²) in [5.41, 5.74) is 0.351. The number of ether oxygens (including phenoxy) is 2. The number of halogens is 3. The van der Waals surface area contributed by atoms with Crippen molar-refractivity contribution >= 4 is 0 Å². The molecule has 78 valence electrons. The van der Waals surface area contributed by atoms with Crippen LogP contribution in [0, 0.1) is 0 Å². The van der Waals surface area contributed by atoms with E-state index in [2.05, 4.69) is 16.1 Å². The van der Waals surface area contributed by atoms with Crippen LogP contribution in [0.15, 0.2) is 35.6 Å². The maximum absolute atomic E-state index is 13.0. The van der Waals surface area contributed by atoms with Crippen LogP contribution in [0.2, 0.25) is 0 Å². The Balaban J connectivity index is 2.92. The van der Waals surface area contributed by atoms with Crippen molar-refractivity contribution in [1.82, 2.24) is 0 Å². The molecule has 0 unspecified atom stereocenters. The molecule has 1 aliphatic heterocycles. The molecule has 0 atom stereocenters. The highest BCUT2D eigenvalue weighted by Gasteiger charge is 2.44. The van der Waals surface area contributed by atoms with Gasteiger partial charge in [0.25, 0.3) is 0 Å². The van der Waals surface area contributed by atoms with Gasteiger partial charge >= 0.3 is 6.29 Å². The van der Waals surface area contributed by atoms with Crippen molar-refractivity contribution in [2.45, 2.75) is 20.1 Å². The maximum Gasteiger partial charge on any atom is 0.586 e. The lowest BCUT2D eigenvalue weighted by molar-refractivity contribution is -0.326. The van der Waals surface area contributed by atoms with Crippen LogP contribution in [0.3, 0.4) is 0 Å². The molecule has 0 aromatic rings. The van der Waals surface area contributed by atoms with Crippen LogP contribution in [-0.2, 0) is 9.47 Å². The number of hydrogen-bond acceptors (Lipinski definition) is 2. The lowest BCUT2D eigenvalue weighted by Crippen LogP contribution is -2.14. The summed E-state index contributed by atoms with van der Waals surface area (Å²) >= 11 is 0. The van der Waals surface area contributed by atoms with Gasteiger partial charge in [0.1, 0.15) is 5.83 Å². The Morgan fingerprint density at radius 1 is 1.36 bits per heavy atom. The molecule has 1 saturated heterocycles. The zero-order valence-electron chi connectivity index (χ0n) is 7.73. The van der Waals surface area contributed by atoms with Crippen molar-refractivity contribution in [3.63, 3.8) is 0 Å². The van der Waals surface area contributed by atoms with Gasteiger partial charge in [0.05, 0.1) is 0 Å². The van der Waals surface area contributed by atoms with Crippen molar-refractivity contribution in [2.75, 3.05) is 0 Å². The standard InChI is InChI=1S/C9H9F3O2/c1-5(2)7(10)4-8-6(3)13-9(11,12)14-8/h4H,3H2,1-2H3/b8-4+. The summed E-state index contributed by atoms with van der Waals surface area (Å²) in [6.45, 7) is 6.17. The lowest BCUT2D eigenvalue weighted by Gasteiger charge is -2.03. The molecule has 1 aliphatic rings. The highest BCUT2D eigenvalue weighted by Crippen LogP contribution is 2.36. The number of hydrogen-bond donors (Lipinski definition) is 0. The number of alkyl halides is 2. The first-order chi connectivity index (χ1) is 6.32. The van der Waals surface area contributed by atoms with Crippen LogP contribution in [0.5, 0.6) is 0 Å². The van der Waals surface area contributed by atoms with E-state index < -0.39 is 17.9 Å². The molecule has 2 nitrogen and oxygen atoms in total. The summed E-state index contributed by atoms with van der Waals surface area (Å²) in [4.78, 5) is 0. The van der Waals surface area contributed by atoms with Gasteiger partial charge in [-0.05, 0) is 19.4 Å². The minimum Gasteiger partial charge on any atom is -0.396 e. The molecule has 0 aliphatic carbocycles. The molecule has 1 heterocycles. The third kappa shape index (κ3) is 2.31. The largest absolute Gasteiger partial charge is 0.586 e. The van der Waals surface area contributed by atoms with Gasteiger partial charge in [0, 0.05) is 6.08 Å². The average Bonchev–Trinajstić information content (AvgIpc) is 2.24. The van der Waals surface area contributed by atoms with Crippen LogP contribution < -0.4 is 0 Å². The van der Waals surface area contributed by atoms with E-state index in [0.717, 1.165) is 6.08 Å². The van der Waals surface area contributed by atoms with Crippen LogP contribution in [0.1, 0.15) is 13.8 Å². The van der Waals surface area contributed by atoms with Crippen molar-refractivity contribution in [3.05, 3.63) is 35.6 Å². The monoisotopic (exact) mass is 206 g/mol. The number of rotatable bonds is 1. The van der Waals surface area contributed by atoms with Crippen molar-refractivity contribution in [1.29, 1.82) is 0 Å². The Kier molecular flexibility index (Phi) is 2.59. The van der Waals surface area contributed by atoms with E-state index in [-0.39, 0.29) is 5.76 Å². The smallest absolute Gasteiger partial charge is 0.396 e. The first-order valence-corrected chi connectivity index (χ1v) is 3.81. The molecule has 1 fully saturated rings. The van der Waals surface area contributed by atoms with Crippen LogP contribution in [0.25, 0.3) is 0 Å². The summed E-state index contributed by atoms with van der Waals surface area (Å²) in [6.07, 6.45) is -2.93. The molecule has 0 spiro atoms. The molecule has 1 rings (SSSR count). The summed E-state index contributed by atoms with van der Waals surface area (Å²) in [5, 5.41) is 0. The van der Waals surface area contributed by atoms with E-state index in [1.807, 2.05) is 0 Å². The Morgan fingerprint density at radius 2 is 1.93 bits per heavy atom. The van der Waals surface area contributed by atoms with Crippen molar-refractivity contribution in [2.24, 2.45) is 0 Å². The molecule has 0 amide bonds. The van der Waals surface area contributed by atoms with Crippen LogP contribution in [0.4, 0.5) is 13.2 Å². The summed E-state index contributed by atoms with van der Waals surface area (Å²) in [7, 11) is 0. The third-order valence-corrected chi connectivity index (χ3v) is 1.48. The molecule has 14 heavy (non-hydrogen) atoms. The van der Waals surface area contributed by atoms with Gasteiger partial charge < -0.3 is 9.47 Å². The Morgan fingerprint density at radius 3 is 2.29 bits per heavy atom. The van der Waals surface area contributed by atoms with E-state index in [9.17, 15) is 13.2 Å². The van der Waals surface area contributed by atoms with E-state index in [0.29, 0.717) is 5.57 Å². The van der Waals surface area contributed by atoms with E-state index >= 15 is 0 Å². The normalized spacial score (nSPS) is 21.8. The zero-order valence-corrected chi connectivity index (χ0v) is 7.73. The minimum atomic E-state index is -3.75. The fraction of sp³-hybridized carbons (Fsp3) is 0.333. The maximum atomic E-state index is 13.0. The molecular weight excluding hydrogens is 197 g/mol. The Labute approximate surface area is 79.3 Å². The quantitative estimate of drug-likeness (QED) is 0.655. The Bertz CT molecular complexity index is 325. The van der Waals surface area contributed by atoms with Crippen molar-refractivity contribution in [3.8, 4) is 0 Å². The van der Waals surface area contributed by atoms with E-state index in [1.54, 1.807) is 0 Å². The zero-order chi connectivity index (χ0) is 10.9. The first kappa shape index (κ1) is 10.7. The topological polar surface area (TPSA) is 18.5 Å². The molecule has 0 saturated carbocycles. The van der Waals surface area contributed by atoms with Crippen LogP contribution in [-0.4, -0.2) is 6.29 Å². The molecule has 0 bridgehead atoms. The fourth-order valence-electron chi connectivity index (χ4n) is 0.769. The van der Waals surface area contributed by atoms with Gasteiger partial charge in [-0.3, -0.25) is 0 Å². The Hall–Kier alpha value is -1.39. The summed E-state index contributed by atoms with van der Waals surface area (Å²) in [5.74, 6) is -1.43.